The number of rotatable bonds is 4. The van der Waals surface area contributed by atoms with Crippen molar-refractivity contribution in [1.82, 2.24) is 5.32 Å². The van der Waals surface area contributed by atoms with Crippen molar-refractivity contribution in [2.45, 2.75) is 78.4 Å². The molecule has 102 valence electrons. The minimum atomic E-state index is -0.842. The SMILES string of the molecule is CC(C)C1CCCC(NC(O)OC(C)(C)C)C1. The van der Waals surface area contributed by atoms with Gasteiger partial charge in [-0.3, -0.25) is 5.32 Å². The summed E-state index contributed by atoms with van der Waals surface area (Å²) in [6, 6.07) is 0.397. The molecule has 2 N–H and O–H groups in total. The van der Waals surface area contributed by atoms with Crippen LogP contribution in [0.1, 0.15) is 60.3 Å². The molecule has 0 amide bonds. The van der Waals surface area contributed by atoms with Crippen molar-refractivity contribution in [3.05, 3.63) is 0 Å². The number of hydrogen-bond acceptors (Lipinski definition) is 3. The van der Waals surface area contributed by atoms with E-state index in [0.29, 0.717) is 6.04 Å². The topological polar surface area (TPSA) is 41.5 Å². The minimum absolute atomic E-state index is 0.307. The van der Waals surface area contributed by atoms with Crippen molar-refractivity contribution in [3.8, 4) is 0 Å². The molecule has 3 unspecified atom stereocenters. The van der Waals surface area contributed by atoms with Crippen LogP contribution >= 0.6 is 0 Å². The van der Waals surface area contributed by atoms with Gasteiger partial charge in [0.25, 0.3) is 0 Å². The fourth-order valence-corrected chi connectivity index (χ4v) is 2.56. The predicted octanol–water partition coefficient (Wildman–Crippen LogP) is 2.88. The Morgan fingerprint density at radius 1 is 1.24 bits per heavy atom. The number of nitrogens with one attached hydrogen (secondary N) is 1. The first-order chi connectivity index (χ1) is 7.78. The van der Waals surface area contributed by atoms with Gasteiger partial charge in [0.2, 0.25) is 6.41 Å². The van der Waals surface area contributed by atoms with Gasteiger partial charge in [0.05, 0.1) is 5.60 Å². The summed E-state index contributed by atoms with van der Waals surface area (Å²) in [5, 5.41) is 13.0. The van der Waals surface area contributed by atoms with Crippen molar-refractivity contribution in [1.29, 1.82) is 0 Å². The van der Waals surface area contributed by atoms with E-state index in [2.05, 4.69) is 19.2 Å². The summed E-state index contributed by atoms with van der Waals surface area (Å²) >= 11 is 0. The first kappa shape index (κ1) is 14.9. The maximum absolute atomic E-state index is 9.83. The molecule has 0 aliphatic heterocycles. The van der Waals surface area contributed by atoms with Crippen LogP contribution in [0.4, 0.5) is 0 Å². The highest BCUT2D eigenvalue weighted by Gasteiger charge is 2.26. The van der Waals surface area contributed by atoms with Crippen LogP contribution in [-0.4, -0.2) is 23.2 Å². The Balaban J connectivity index is 2.35. The minimum Gasteiger partial charge on any atom is -0.356 e. The fraction of sp³-hybridized carbons (Fsp3) is 1.00. The lowest BCUT2D eigenvalue weighted by molar-refractivity contribution is -0.187. The van der Waals surface area contributed by atoms with Crippen LogP contribution in [-0.2, 0) is 4.74 Å². The summed E-state index contributed by atoms with van der Waals surface area (Å²) in [5.41, 5.74) is -0.307. The van der Waals surface area contributed by atoms with Crippen LogP contribution in [0.3, 0.4) is 0 Å². The summed E-state index contributed by atoms with van der Waals surface area (Å²) in [6.45, 7) is 10.4. The van der Waals surface area contributed by atoms with Gasteiger partial charge < -0.3 is 9.84 Å². The molecule has 0 spiro atoms. The molecule has 17 heavy (non-hydrogen) atoms. The Kier molecular flexibility index (Phi) is 5.42. The smallest absolute Gasteiger partial charge is 0.214 e. The number of ether oxygens (including phenoxy) is 1. The van der Waals surface area contributed by atoms with Gasteiger partial charge in [0.1, 0.15) is 0 Å². The second-order valence-corrected chi connectivity index (χ2v) is 6.62. The molecule has 0 aromatic carbocycles. The summed E-state index contributed by atoms with van der Waals surface area (Å²) in [4.78, 5) is 0. The van der Waals surface area contributed by atoms with Crippen LogP contribution in [0.5, 0.6) is 0 Å². The second-order valence-electron chi connectivity index (χ2n) is 6.62. The Morgan fingerprint density at radius 3 is 2.41 bits per heavy atom. The second kappa shape index (κ2) is 6.17. The third-order valence-corrected chi connectivity index (χ3v) is 3.50. The average molecular weight is 243 g/mol. The van der Waals surface area contributed by atoms with Crippen molar-refractivity contribution in [2.24, 2.45) is 11.8 Å². The largest absolute Gasteiger partial charge is 0.356 e. The Morgan fingerprint density at radius 2 is 1.88 bits per heavy atom. The van der Waals surface area contributed by atoms with Gasteiger partial charge in [-0.25, -0.2) is 0 Å². The highest BCUT2D eigenvalue weighted by atomic mass is 16.6. The van der Waals surface area contributed by atoms with E-state index in [0.717, 1.165) is 24.7 Å². The van der Waals surface area contributed by atoms with Gasteiger partial charge in [-0.15, -0.1) is 0 Å². The highest BCUT2D eigenvalue weighted by molar-refractivity contribution is 4.79. The quantitative estimate of drug-likeness (QED) is 0.746. The molecule has 3 atom stereocenters. The normalized spacial score (nSPS) is 28.4. The molecule has 1 rings (SSSR count). The lowest BCUT2D eigenvalue weighted by Crippen LogP contribution is -2.45. The van der Waals surface area contributed by atoms with Crippen LogP contribution in [0.2, 0.25) is 0 Å². The summed E-state index contributed by atoms with van der Waals surface area (Å²) in [5.74, 6) is 1.52. The molecule has 0 bridgehead atoms. The van der Waals surface area contributed by atoms with E-state index < -0.39 is 6.41 Å². The van der Waals surface area contributed by atoms with E-state index in [4.69, 9.17) is 4.74 Å². The van der Waals surface area contributed by atoms with Crippen molar-refractivity contribution >= 4 is 0 Å². The zero-order chi connectivity index (χ0) is 13.1. The van der Waals surface area contributed by atoms with Crippen molar-refractivity contribution < 1.29 is 9.84 Å². The maximum Gasteiger partial charge on any atom is 0.214 e. The molecule has 0 heterocycles. The first-order valence-corrected chi connectivity index (χ1v) is 6.90. The Labute approximate surface area is 106 Å². The average Bonchev–Trinajstić information content (AvgIpc) is 2.14. The predicted molar refractivity (Wildman–Crippen MR) is 70.6 cm³/mol. The Hall–Kier alpha value is -0.120. The van der Waals surface area contributed by atoms with E-state index in [9.17, 15) is 5.11 Å². The fourth-order valence-electron chi connectivity index (χ4n) is 2.56. The van der Waals surface area contributed by atoms with E-state index in [1.54, 1.807) is 0 Å². The number of aliphatic hydroxyl groups excluding tert-OH is 1. The van der Waals surface area contributed by atoms with E-state index >= 15 is 0 Å². The van der Waals surface area contributed by atoms with Crippen molar-refractivity contribution in [3.63, 3.8) is 0 Å². The molecule has 3 nitrogen and oxygen atoms in total. The van der Waals surface area contributed by atoms with E-state index in [1.807, 2.05) is 20.8 Å². The first-order valence-electron chi connectivity index (χ1n) is 6.90. The molecule has 0 aromatic rings. The van der Waals surface area contributed by atoms with Crippen molar-refractivity contribution in [2.75, 3.05) is 0 Å². The molecule has 1 fully saturated rings. The zero-order valence-electron chi connectivity index (χ0n) is 12.0. The third kappa shape index (κ3) is 5.84. The number of hydrogen-bond donors (Lipinski definition) is 2. The summed E-state index contributed by atoms with van der Waals surface area (Å²) < 4.78 is 5.48. The van der Waals surface area contributed by atoms with Crippen LogP contribution in [0, 0.1) is 11.8 Å². The van der Waals surface area contributed by atoms with Crippen LogP contribution < -0.4 is 5.32 Å². The highest BCUT2D eigenvalue weighted by Crippen LogP contribution is 2.30. The molecule has 0 aromatic heterocycles. The molecular formula is C14H29NO2. The molecule has 0 saturated heterocycles. The van der Waals surface area contributed by atoms with Gasteiger partial charge in [-0.05, 0) is 45.4 Å². The van der Waals surface area contributed by atoms with Crippen LogP contribution in [0.25, 0.3) is 0 Å². The standard InChI is InChI=1S/C14H29NO2/c1-10(2)11-7-6-8-12(9-11)15-13(16)17-14(3,4)5/h10-13,15-16H,6-9H2,1-5H3. The lowest BCUT2D eigenvalue weighted by atomic mass is 9.79. The number of aliphatic hydroxyl groups is 1. The molecule has 0 radical (unpaired) electrons. The van der Waals surface area contributed by atoms with Gasteiger partial charge in [0.15, 0.2) is 0 Å². The van der Waals surface area contributed by atoms with Gasteiger partial charge in [-0.2, -0.15) is 0 Å². The summed E-state index contributed by atoms with van der Waals surface area (Å²) in [6.07, 6.45) is 4.04. The monoisotopic (exact) mass is 243 g/mol. The third-order valence-electron chi connectivity index (χ3n) is 3.50. The van der Waals surface area contributed by atoms with Crippen LogP contribution in [0.15, 0.2) is 0 Å². The molecule has 1 aliphatic carbocycles. The molecular weight excluding hydrogens is 214 g/mol. The Bertz CT molecular complexity index is 223. The van der Waals surface area contributed by atoms with Gasteiger partial charge >= 0.3 is 0 Å². The summed E-state index contributed by atoms with van der Waals surface area (Å²) in [7, 11) is 0. The van der Waals surface area contributed by atoms with E-state index in [-0.39, 0.29) is 5.60 Å². The molecule has 1 aliphatic rings. The molecule has 1 saturated carbocycles. The lowest BCUT2D eigenvalue weighted by Gasteiger charge is -2.34. The maximum atomic E-state index is 9.83. The molecule has 3 heteroatoms. The van der Waals surface area contributed by atoms with Gasteiger partial charge in [-0.1, -0.05) is 26.7 Å². The van der Waals surface area contributed by atoms with Gasteiger partial charge in [0, 0.05) is 6.04 Å². The van der Waals surface area contributed by atoms with E-state index in [1.165, 1.54) is 12.8 Å². The zero-order valence-corrected chi connectivity index (χ0v) is 12.0.